The van der Waals surface area contributed by atoms with Gasteiger partial charge in [-0.25, -0.2) is 0 Å². The second-order valence-corrected chi connectivity index (χ2v) is 8.27. The summed E-state index contributed by atoms with van der Waals surface area (Å²) in [6.07, 6.45) is 5.51. The number of hydrogen-bond donors (Lipinski definition) is 1. The van der Waals surface area contributed by atoms with Gasteiger partial charge in [-0.3, -0.25) is 14.2 Å². The molecule has 13 nitrogen and oxygen atoms in total. The van der Waals surface area contributed by atoms with E-state index in [1.165, 1.54) is 0 Å². The van der Waals surface area contributed by atoms with Gasteiger partial charge in [-0.1, -0.05) is 10.4 Å². The lowest BCUT2D eigenvalue weighted by molar-refractivity contribution is 0.0954. The van der Waals surface area contributed by atoms with Crippen LogP contribution in [0.5, 0.6) is 17.2 Å². The van der Waals surface area contributed by atoms with Gasteiger partial charge in [0.1, 0.15) is 31.2 Å². The number of benzene rings is 1. The number of ether oxygens (including phenoxy) is 3. The number of nitrogens with zero attached hydrogens (tertiary/aromatic N) is 8. The van der Waals surface area contributed by atoms with E-state index in [9.17, 15) is 4.79 Å². The summed E-state index contributed by atoms with van der Waals surface area (Å²) in [7, 11) is 0. The Balaban J connectivity index is 1.65. The number of aromatic nitrogens is 6. The number of aryl methyl sites for hydroxylation is 2. The Morgan fingerprint density at radius 2 is 1.51 bits per heavy atom. The molecule has 1 aliphatic rings. The van der Waals surface area contributed by atoms with E-state index in [1.54, 1.807) is 33.9 Å². The third-order valence-corrected chi connectivity index (χ3v) is 5.36. The normalized spacial score (nSPS) is 14.5. The molecular formula is C24H31N9O4. The lowest BCUT2D eigenvalue weighted by atomic mass is 10.1. The fourth-order valence-electron chi connectivity index (χ4n) is 3.48. The van der Waals surface area contributed by atoms with Gasteiger partial charge in [-0.2, -0.15) is 10.2 Å². The van der Waals surface area contributed by atoms with E-state index in [1.807, 2.05) is 33.8 Å². The predicted molar refractivity (Wildman–Crippen MR) is 132 cm³/mol. The lowest BCUT2D eigenvalue weighted by Crippen LogP contribution is -2.23. The Labute approximate surface area is 214 Å². The Morgan fingerprint density at radius 1 is 0.919 bits per heavy atom. The van der Waals surface area contributed by atoms with Crippen LogP contribution in [0.2, 0.25) is 0 Å². The zero-order chi connectivity index (χ0) is 26.2. The maximum Gasteiger partial charge on any atom is 0.251 e. The monoisotopic (exact) mass is 509 g/mol. The number of amides is 1. The van der Waals surface area contributed by atoms with Crippen molar-refractivity contribution in [3.63, 3.8) is 0 Å². The second kappa shape index (κ2) is 12.1. The molecule has 0 bridgehead atoms. The van der Waals surface area contributed by atoms with Gasteiger partial charge in [0.05, 0.1) is 24.1 Å². The number of nitrogens with one attached hydrogen (secondary N) is 1. The Bertz CT molecular complexity index is 1210. The van der Waals surface area contributed by atoms with Gasteiger partial charge >= 0.3 is 0 Å². The highest BCUT2D eigenvalue weighted by molar-refractivity contribution is 5.95. The van der Waals surface area contributed by atoms with Crippen molar-refractivity contribution in [1.82, 2.24) is 35.3 Å². The van der Waals surface area contributed by atoms with E-state index in [2.05, 4.69) is 36.2 Å². The summed E-state index contributed by atoms with van der Waals surface area (Å²) in [6.45, 7) is 9.99. The Kier molecular flexibility index (Phi) is 8.44. The summed E-state index contributed by atoms with van der Waals surface area (Å²) < 4.78 is 21.7. The summed E-state index contributed by atoms with van der Waals surface area (Å²) in [5.41, 5.74) is 2.32. The molecule has 0 spiro atoms. The molecule has 0 saturated carbocycles. The van der Waals surface area contributed by atoms with E-state index in [0.717, 1.165) is 0 Å². The molecule has 196 valence electrons. The van der Waals surface area contributed by atoms with Gasteiger partial charge in [-0.05, 0) is 45.9 Å². The molecule has 0 aliphatic carbocycles. The van der Waals surface area contributed by atoms with Crippen molar-refractivity contribution in [3.8, 4) is 17.2 Å². The fraction of sp³-hybridized carbons (Fsp3) is 0.458. The molecule has 37 heavy (non-hydrogen) atoms. The number of carbonyl (C=O) groups is 1. The molecule has 0 fully saturated rings. The van der Waals surface area contributed by atoms with Crippen LogP contribution >= 0.6 is 0 Å². The molecule has 0 saturated heterocycles. The first-order valence-corrected chi connectivity index (χ1v) is 12.2. The maximum atomic E-state index is 12.7. The molecule has 1 atom stereocenters. The van der Waals surface area contributed by atoms with Crippen molar-refractivity contribution in [2.45, 2.75) is 60.0 Å². The minimum absolute atomic E-state index is 0.00694. The van der Waals surface area contributed by atoms with Crippen LogP contribution in [0.25, 0.3) is 0 Å². The molecule has 0 radical (unpaired) electrons. The smallest absolute Gasteiger partial charge is 0.251 e. The number of azo groups is 1. The highest BCUT2D eigenvalue weighted by Crippen LogP contribution is 2.40. The first kappa shape index (κ1) is 25.8. The van der Waals surface area contributed by atoms with Crippen LogP contribution in [-0.2, 0) is 26.3 Å². The third-order valence-electron chi connectivity index (χ3n) is 5.36. The predicted octanol–water partition coefficient (Wildman–Crippen LogP) is 2.93. The van der Waals surface area contributed by atoms with Crippen molar-refractivity contribution in [2.75, 3.05) is 13.2 Å². The summed E-state index contributed by atoms with van der Waals surface area (Å²) >= 11 is 0. The minimum Gasteiger partial charge on any atom is -0.483 e. The molecule has 1 unspecified atom stereocenters. The number of rotatable bonds is 13. The zero-order valence-corrected chi connectivity index (χ0v) is 21.4. The molecule has 4 rings (SSSR count). The van der Waals surface area contributed by atoms with Crippen LogP contribution in [0.1, 0.15) is 49.4 Å². The van der Waals surface area contributed by atoms with Crippen molar-refractivity contribution < 1.29 is 19.0 Å². The fourth-order valence-corrected chi connectivity index (χ4v) is 3.48. The van der Waals surface area contributed by atoms with Crippen LogP contribution in [0, 0.1) is 0 Å². The van der Waals surface area contributed by atoms with Gasteiger partial charge in [0.15, 0.2) is 11.5 Å². The van der Waals surface area contributed by atoms with Crippen molar-refractivity contribution >= 4 is 5.91 Å². The maximum absolute atomic E-state index is 12.7. The molecule has 1 N–H and O–H groups in total. The number of hydrogen-bond acceptors (Lipinski definition) is 10. The van der Waals surface area contributed by atoms with E-state index < -0.39 is 0 Å². The quantitative estimate of drug-likeness (QED) is 0.370. The van der Waals surface area contributed by atoms with Crippen molar-refractivity contribution in [3.05, 3.63) is 53.3 Å². The van der Waals surface area contributed by atoms with Crippen molar-refractivity contribution in [2.24, 2.45) is 10.2 Å². The van der Waals surface area contributed by atoms with E-state index >= 15 is 0 Å². The molecule has 1 aromatic carbocycles. The molecular weight excluding hydrogens is 478 g/mol. The minimum atomic E-state index is -0.265. The zero-order valence-electron chi connectivity index (χ0n) is 21.4. The molecule has 2 aromatic heterocycles. The Hall–Kier alpha value is -4.29. The molecule has 3 heterocycles. The molecule has 3 aromatic rings. The molecule has 1 aliphatic heterocycles. The average molecular weight is 510 g/mol. The summed E-state index contributed by atoms with van der Waals surface area (Å²) in [5, 5.41) is 27.4. The Morgan fingerprint density at radius 3 is 1.97 bits per heavy atom. The third kappa shape index (κ3) is 6.68. The van der Waals surface area contributed by atoms with Crippen LogP contribution in [0.15, 0.2) is 46.5 Å². The standard InChI is InChI=1S/C24H31N9O4/c1-5-25-24(34)17-9-21(35-14-19-11-32(6-2)30-28-19)23(37-13-18-8-16(4)26-27-18)22(10-17)36-15-20-12-33(7-3)31-29-20/h8-12,16H,5-7,13-15H2,1-4H3,(H,25,34). The largest absolute Gasteiger partial charge is 0.483 e. The van der Waals surface area contributed by atoms with Gasteiger partial charge < -0.3 is 19.5 Å². The van der Waals surface area contributed by atoms with Gasteiger partial charge in [0.2, 0.25) is 5.75 Å². The first-order chi connectivity index (χ1) is 18.0. The highest BCUT2D eigenvalue weighted by Gasteiger charge is 2.21. The number of carbonyl (C=O) groups excluding carboxylic acids is 1. The second-order valence-electron chi connectivity index (χ2n) is 8.27. The van der Waals surface area contributed by atoms with Crippen LogP contribution in [0.3, 0.4) is 0 Å². The van der Waals surface area contributed by atoms with Crippen molar-refractivity contribution in [1.29, 1.82) is 0 Å². The summed E-state index contributed by atoms with van der Waals surface area (Å²) in [6, 6.07) is 3.24. The first-order valence-electron chi connectivity index (χ1n) is 12.2. The van der Waals surface area contributed by atoms with E-state index in [4.69, 9.17) is 14.2 Å². The van der Waals surface area contributed by atoms with Gasteiger partial charge in [-0.15, -0.1) is 10.2 Å². The molecule has 1 amide bonds. The van der Waals surface area contributed by atoms with E-state index in [-0.39, 0.29) is 31.8 Å². The average Bonchev–Trinajstić information content (AvgIpc) is 3.66. The van der Waals surface area contributed by atoms with Crippen LogP contribution in [0.4, 0.5) is 0 Å². The van der Waals surface area contributed by atoms with Crippen LogP contribution in [-0.4, -0.2) is 55.1 Å². The topological polar surface area (TPSA) is 143 Å². The van der Waals surface area contributed by atoms with E-state index in [0.29, 0.717) is 59.5 Å². The van der Waals surface area contributed by atoms with Gasteiger partial charge in [0.25, 0.3) is 5.91 Å². The SMILES string of the molecule is CCNC(=O)c1cc(OCc2cn(CC)nn2)c(OCC2=CC(C)N=N2)c(OCc2cn(CC)nn2)c1. The van der Waals surface area contributed by atoms with Crippen LogP contribution < -0.4 is 19.5 Å². The summed E-state index contributed by atoms with van der Waals surface area (Å²) in [5.74, 6) is 0.712. The van der Waals surface area contributed by atoms with Gasteiger partial charge in [0, 0.05) is 25.2 Å². The summed E-state index contributed by atoms with van der Waals surface area (Å²) in [4.78, 5) is 12.7. The molecule has 13 heteroatoms. The lowest BCUT2D eigenvalue weighted by Gasteiger charge is -2.18. The highest BCUT2D eigenvalue weighted by atomic mass is 16.5.